The fourth-order valence-electron chi connectivity index (χ4n) is 1.27. The van der Waals surface area contributed by atoms with Gasteiger partial charge in [0.2, 0.25) is 0 Å². The van der Waals surface area contributed by atoms with Gasteiger partial charge in [0.05, 0.1) is 19.6 Å². The van der Waals surface area contributed by atoms with Crippen molar-refractivity contribution < 1.29 is 14.3 Å². The number of carbonyl (C=O) groups is 1. The first-order valence-electron chi connectivity index (χ1n) is 4.10. The van der Waals surface area contributed by atoms with Crippen LogP contribution in [0.2, 0.25) is 0 Å². The summed E-state index contributed by atoms with van der Waals surface area (Å²) in [6.07, 6.45) is 2.39. The number of hydrogen-bond donors (Lipinski definition) is 0. The van der Waals surface area contributed by atoms with Crippen molar-refractivity contribution in [1.29, 1.82) is 0 Å². The molecule has 0 saturated carbocycles. The molecule has 68 valence electrons. The fraction of sp³-hybridized carbons (Fsp3) is 0.667. The van der Waals surface area contributed by atoms with Crippen molar-refractivity contribution in [2.24, 2.45) is 0 Å². The van der Waals surface area contributed by atoms with Gasteiger partial charge >= 0.3 is 5.97 Å². The maximum absolute atomic E-state index is 10.8. The van der Waals surface area contributed by atoms with Gasteiger partial charge in [-0.25, -0.2) is 0 Å². The highest BCUT2D eigenvalue weighted by Gasteiger charge is 2.20. The summed E-state index contributed by atoms with van der Waals surface area (Å²) in [6, 6.07) is 0. The SMILES string of the molecule is C=C(CC(=O)OC)C1CCCO1. The zero-order chi connectivity index (χ0) is 8.97. The highest BCUT2D eigenvalue weighted by atomic mass is 16.5. The topological polar surface area (TPSA) is 35.5 Å². The van der Waals surface area contributed by atoms with Crippen molar-refractivity contribution in [3.63, 3.8) is 0 Å². The summed E-state index contributed by atoms with van der Waals surface area (Å²) in [6.45, 7) is 4.58. The second kappa shape index (κ2) is 4.26. The standard InChI is InChI=1S/C9H14O3/c1-7(6-9(10)11-2)8-4-3-5-12-8/h8H,1,3-6H2,2H3. The number of methoxy groups -OCH3 is 1. The third kappa shape index (κ3) is 2.34. The average Bonchev–Trinajstić information content (AvgIpc) is 2.56. The quantitative estimate of drug-likeness (QED) is 0.473. The third-order valence-corrected chi connectivity index (χ3v) is 1.98. The molecule has 0 N–H and O–H groups in total. The molecule has 1 fully saturated rings. The summed E-state index contributed by atoms with van der Waals surface area (Å²) in [5.74, 6) is -0.240. The molecule has 0 aliphatic carbocycles. The number of ether oxygens (including phenoxy) is 2. The molecule has 1 heterocycles. The maximum atomic E-state index is 10.8. The summed E-state index contributed by atoms with van der Waals surface area (Å²) in [5, 5.41) is 0. The minimum Gasteiger partial charge on any atom is -0.469 e. The molecule has 1 rings (SSSR count). The van der Waals surface area contributed by atoms with Crippen molar-refractivity contribution in [2.75, 3.05) is 13.7 Å². The molecule has 1 unspecified atom stereocenters. The first kappa shape index (κ1) is 9.26. The first-order valence-corrected chi connectivity index (χ1v) is 4.10. The number of carbonyl (C=O) groups excluding carboxylic acids is 1. The molecule has 0 amide bonds. The minimum atomic E-state index is -0.240. The third-order valence-electron chi connectivity index (χ3n) is 1.98. The van der Waals surface area contributed by atoms with Crippen molar-refractivity contribution in [3.05, 3.63) is 12.2 Å². The van der Waals surface area contributed by atoms with Crippen LogP contribution in [0.1, 0.15) is 19.3 Å². The van der Waals surface area contributed by atoms with Gasteiger partial charge in [-0.2, -0.15) is 0 Å². The van der Waals surface area contributed by atoms with Crippen LogP contribution in [-0.4, -0.2) is 25.8 Å². The van der Waals surface area contributed by atoms with E-state index in [4.69, 9.17) is 4.74 Å². The van der Waals surface area contributed by atoms with Crippen LogP contribution in [0.25, 0.3) is 0 Å². The Kier molecular flexibility index (Phi) is 3.29. The zero-order valence-corrected chi connectivity index (χ0v) is 7.34. The van der Waals surface area contributed by atoms with E-state index in [1.807, 2.05) is 0 Å². The second-order valence-corrected chi connectivity index (χ2v) is 2.91. The van der Waals surface area contributed by atoms with Crippen LogP contribution in [-0.2, 0) is 14.3 Å². The minimum absolute atomic E-state index is 0.0732. The van der Waals surface area contributed by atoms with E-state index in [1.165, 1.54) is 7.11 Å². The summed E-state index contributed by atoms with van der Waals surface area (Å²) in [7, 11) is 1.38. The van der Waals surface area contributed by atoms with Crippen LogP contribution < -0.4 is 0 Å². The Morgan fingerprint density at radius 1 is 1.75 bits per heavy atom. The second-order valence-electron chi connectivity index (χ2n) is 2.91. The van der Waals surface area contributed by atoms with E-state index < -0.39 is 0 Å². The van der Waals surface area contributed by atoms with Crippen LogP contribution in [0.3, 0.4) is 0 Å². The van der Waals surface area contributed by atoms with E-state index in [0.29, 0.717) is 0 Å². The van der Waals surface area contributed by atoms with Gasteiger partial charge in [0, 0.05) is 6.61 Å². The summed E-state index contributed by atoms with van der Waals surface area (Å²) in [5.41, 5.74) is 0.833. The molecular formula is C9H14O3. The molecule has 0 aromatic carbocycles. The fourth-order valence-corrected chi connectivity index (χ4v) is 1.27. The normalized spacial score (nSPS) is 22.2. The highest BCUT2D eigenvalue weighted by Crippen LogP contribution is 2.20. The molecule has 3 nitrogen and oxygen atoms in total. The Balaban J connectivity index is 2.32. The van der Waals surface area contributed by atoms with Crippen molar-refractivity contribution >= 4 is 5.97 Å². The summed E-state index contributed by atoms with van der Waals surface area (Å²) < 4.78 is 9.88. The summed E-state index contributed by atoms with van der Waals surface area (Å²) in [4.78, 5) is 10.8. The van der Waals surface area contributed by atoms with Gasteiger partial charge in [-0.15, -0.1) is 0 Å². The van der Waals surface area contributed by atoms with Crippen LogP contribution >= 0.6 is 0 Å². The van der Waals surface area contributed by atoms with E-state index in [-0.39, 0.29) is 18.5 Å². The Morgan fingerprint density at radius 3 is 3.00 bits per heavy atom. The smallest absolute Gasteiger partial charge is 0.309 e. The Labute approximate surface area is 72.4 Å². The lowest BCUT2D eigenvalue weighted by Gasteiger charge is -2.10. The average molecular weight is 170 g/mol. The summed E-state index contributed by atoms with van der Waals surface area (Å²) >= 11 is 0. The van der Waals surface area contributed by atoms with Crippen molar-refractivity contribution in [1.82, 2.24) is 0 Å². The molecule has 0 bridgehead atoms. The lowest BCUT2D eigenvalue weighted by molar-refractivity contribution is -0.140. The van der Waals surface area contributed by atoms with E-state index in [0.717, 1.165) is 25.0 Å². The van der Waals surface area contributed by atoms with E-state index in [9.17, 15) is 4.79 Å². The predicted molar refractivity (Wildman–Crippen MR) is 44.7 cm³/mol. The number of hydrogen-bond acceptors (Lipinski definition) is 3. The van der Waals surface area contributed by atoms with Crippen LogP contribution in [0.15, 0.2) is 12.2 Å². The predicted octanol–water partition coefficient (Wildman–Crippen LogP) is 1.28. The molecule has 1 atom stereocenters. The molecule has 1 saturated heterocycles. The Hall–Kier alpha value is -0.830. The molecule has 0 aromatic rings. The Bertz CT molecular complexity index is 180. The van der Waals surface area contributed by atoms with Gasteiger partial charge in [-0.3, -0.25) is 4.79 Å². The lowest BCUT2D eigenvalue weighted by atomic mass is 10.1. The van der Waals surface area contributed by atoms with Gasteiger partial charge < -0.3 is 9.47 Å². The monoisotopic (exact) mass is 170 g/mol. The largest absolute Gasteiger partial charge is 0.469 e. The zero-order valence-electron chi connectivity index (χ0n) is 7.34. The van der Waals surface area contributed by atoms with E-state index >= 15 is 0 Å². The van der Waals surface area contributed by atoms with Crippen LogP contribution in [0, 0.1) is 0 Å². The maximum Gasteiger partial charge on any atom is 0.309 e. The lowest BCUT2D eigenvalue weighted by Crippen LogP contribution is -2.12. The molecule has 1 aliphatic heterocycles. The molecule has 12 heavy (non-hydrogen) atoms. The van der Waals surface area contributed by atoms with Crippen LogP contribution in [0.4, 0.5) is 0 Å². The number of rotatable bonds is 3. The van der Waals surface area contributed by atoms with E-state index in [2.05, 4.69) is 11.3 Å². The highest BCUT2D eigenvalue weighted by molar-refractivity contribution is 5.72. The molecule has 1 aliphatic rings. The van der Waals surface area contributed by atoms with E-state index in [1.54, 1.807) is 0 Å². The van der Waals surface area contributed by atoms with Crippen LogP contribution in [0.5, 0.6) is 0 Å². The van der Waals surface area contributed by atoms with Gasteiger partial charge in [0.25, 0.3) is 0 Å². The molecular weight excluding hydrogens is 156 g/mol. The van der Waals surface area contributed by atoms with Crippen molar-refractivity contribution in [2.45, 2.75) is 25.4 Å². The van der Waals surface area contributed by atoms with Gasteiger partial charge in [-0.05, 0) is 18.4 Å². The molecule has 0 spiro atoms. The number of esters is 1. The molecule has 0 aromatic heterocycles. The first-order chi connectivity index (χ1) is 5.74. The van der Waals surface area contributed by atoms with Gasteiger partial charge in [-0.1, -0.05) is 6.58 Å². The Morgan fingerprint density at radius 2 is 2.50 bits per heavy atom. The molecule has 3 heteroatoms. The van der Waals surface area contributed by atoms with Gasteiger partial charge in [0.15, 0.2) is 0 Å². The molecule has 0 radical (unpaired) electrons. The van der Waals surface area contributed by atoms with Gasteiger partial charge in [0.1, 0.15) is 0 Å². The van der Waals surface area contributed by atoms with Crippen molar-refractivity contribution in [3.8, 4) is 0 Å².